The molecular formula is C28H32N4O3. The molecule has 2 amide bonds. The maximum Gasteiger partial charge on any atom is 0.272 e. The first-order valence-electron chi connectivity index (χ1n) is 12.2. The van der Waals surface area contributed by atoms with Crippen molar-refractivity contribution in [2.24, 2.45) is 0 Å². The highest BCUT2D eigenvalue weighted by atomic mass is 16.5. The number of carbonyl (C=O) groups excluding carboxylic acids is 2. The van der Waals surface area contributed by atoms with Gasteiger partial charge >= 0.3 is 0 Å². The van der Waals surface area contributed by atoms with E-state index in [4.69, 9.17) is 4.74 Å². The molecule has 0 saturated carbocycles. The number of hydrogen-bond acceptors (Lipinski definition) is 5. The second-order valence-electron chi connectivity index (χ2n) is 8.88. The molecule has 0 unspecified atom stereocenters. The largest absolute Gasteiger partial charge is 0.491 e. The molecule has 2 heterocycles. The average Bonchev–Trinajstić information content (AvgIpc) is 2.91. The molecule has 1 aliphatic rings. The van der Waals surface area contributed by atoms with Crippen LogP contribution in [0.1, 0.15) is 52.1 Å². The second kappa shape index (κ2) is 12.1. The van der Waals surface area contributed by atoms with Crippen LogP contribution in [0.25, 0.3) is 0 Å². The Morgan fingerprint density at radius 1 is 0.971 bits per heavy atom. The van der Waals surface area contributed by atoms with Crippen molar-refractivity contribution >= 4 is 11.8 Å². The van der Waals surface area contributed by atoms with Crippen LogP contribution < -0.4 is 4.74 Å². The molecule has 0 spiro atoms. The van der Waals surface area contributed by atoms with E-state index in [0.29, 0.717) is 36.5 Å². The molecule has 1 aromatic heterocycles. The summed E-state index contributed by atoms with van der Waals surface area (Å²) in [5.74, 6) is 0.355. The third-order valence-electron chi connectivity index (χ3n) is 6.35. The third kappa shape index (κ3) is 6.44. The summed E-state index contributed by atoms with van der Waals surface area (Å²) in [6.07, 6.45) is 7.38. The monoisotopic (exact) mass is 472 g/mol. The highest BCUT2D eigenvalue weighted by Crippen LogP contribution is 2.23. The van der Waals surface area contributed by atoms with Crippen molar-refractivity contribution < 1.29 is 14.3 Å². The maximum absolute atomic E-state index is 13.6. The van der Waals surface area contributed by atoms with Gasteiger partial charge < -0.3 is 14.5 Å². The Balaban J connectivity index is 1.67. The highest BCUT2D eigenvalue weighted by Gasteiger charge is 2.27. The van der Waals surface area contributed by atoms with Gasteiger partial charge in [-0.05, 0) is 43.0 Å². The molecule has 35 heavy (non-hydrogen) atoms. The molecule has 0 bridgehead atoms. The van der Waals surface area contributed by atoms with Gasteiger partial charge in [-0.15, -0.1) is 0 Å². The molecule has 1 atom stereocenters. The minimum absolute atomic E-state index is 0.0498. The molecule has 0 fully saturated rings. The maximum atomic E-state index is 13.6. The summed E-state index contributed by atoms with van der Waals surface area (Å²) in [7, 11) is 1.84. The number of amides is 2. The van der Waals surface area contributed by atoms with E-state index in [1.165, 1.54) is 6.33 Å². The van der Waals surface area contributed by atoms with Crippen LogP contribution in [0.5, 0.6) is 5.75 Å². The fraction of sp³-hybridized carbons (Fsp3) is 0.357. The molecule has 2 aromatic carbocycles. The van der Waals surface area contributed by atoms with Crippen LogP contribution in [0.15, 0.2) is 73.2 Å². The standard InChI is InChI=1S/C28H32N4O3/c1-31-17-9-2-3-10-18-32(28(34)25-15-16-29-21-30-25)23(19-22-11-5-4-6-12-22)20-35-26-14-8-7-13-24(26)27(31)33/h4-8,11-16,21,23H,2-3,9-10,17-20H2,1H3/t23-/m0/s1. The summed E-state index contributed by atoms with van der Waals surface area (Å²) < 4.78 is 6.28. The van der Waals surface area contributed by atoms with E-state index in [9.17, 15) is 9.59 Å². The van der Waals surface area contributed by atoms with Crippen molar-refractivity contribution in [2.45, 2.75) is 38.1 Å². The van der Waals surface area contributed by atoms with Crippen LogP contribution in [0.2, 0.25) is 0 Å². The molecule has 0 N–H and O–H groups in total. The van der Waals surface area contributed by atoms with Crippen molar-refractivity contribution in [3.63, 3.8) is 0 Å². The first kappa shape index (κ1) is 24.4. The molecule has 7 heteroatoms. The lowest BCUT2D eigenvalue weighted by molar-refractivity contribution is 0.0593. The Labute approximate surface area is 206 Å². The van der Waals surface area contributed by atoms with Crippen LogP contribution in [0.4, 0.5) is 0 Å². The molecule has 4 rings (SSSR count). The molecule has 7 nitrogen and oxygen atoms in total. The molecule has 0 saturated heterocycles. The number of nitrogens with zero attached hydrogens (tertiary/aromatic N) is 4. The number of benzene rings is 2. The van der Waals surface area contributed by atoms with Crippen LogP contribution in [-0.4, -0.2) is 64.4 Å². The zero-order valence-electron chi connectivity index (χ0n) is 20.2. The summed E-state index contributed by atoms with van der Waals surface area (Å²) in [4.78, 5) is 38.5. The lowest BCUT2D eigenvalue weighted by Crippen LogP contribution is -2.46. The van der Waals surface area contributed by atoms with Crippen LogP contribution in [0.3, 0.4) is 0 Å². The SMILES string of the molecule is CN1CCCCCCN(C(=O)c2ccncn2)[C@@H](Cc2ccccc2)COc2ccccc2C1=O. The topological polar surface area (TPSA) is 75.6 Å². The number of aromatic nitrogens is 2. The van der Waals surface area contributed by atoms with E-state index >= 15 is 0 Å². The first-order valence-corrected chi connectivity index (χ1v) is 12.2. The van der Waals surface area contributed by atoms with Gasteiger partial charge in [0, 0.05) is 26.3 Å². The fourth-order valence-electron chi connectivity index (χ4n) is 4.41. The van der Waals surface area contributed by atoms with Crippen LogP contribution in [0, 0.1) is 0 Å². The van der Waals surface area contributed by atoms with E-state index in [0.717, 1.165) is 31.2 Å². The Hall–Kier alpha value is -3.74. The quantitative estimate of drug-likeness (QED) is 0.570. The lowest BCUT2D eigenvalue weighted by atomic mass is 10.0. The molecule has 182 valence electrons. The van der Waals surface area contributed by atoms with Gasteiger partial charge in [0.25, 0.3) is 11.8 Å². The molecular weight excluding hydrogens is 440 g/mol. The van der Waals surface area contributed by atoms with Gasteiger partial charge in [0.15, 0.2) is 0 Å². The van der Waals surface area contributed by atoms with Crippen molar-refractivity contribution in [1.82, 2.24) is 19.8 Å². The number of hydrogen-bond donors (Lipinski definition) is 0. The Kier molecular flexibility index (Phi) is 8.44. The van der Waals surface area contributed by atoms with Gasteiger partial charge in [-0.25, -0.2) is 9.97 Å². The van der Waals surface area contributed by atoms with Gasteiger partial charge in [0.2, 0.25) is 0 Å². The van der Waals surface area contributed by atoms with Crippen LogP contribution in [-0.2, 0) is 6.42 Å². The minimum atomic E-state index is -0.233. The van der Waals surface area contributed by atoms with Crippen molar-refractivity contribution in [3.8, 4) is 5.75 Å². The summed E-state index contributed by atoms with van der Waals surface area (Å²) in [6, 6.07) is 18.9. The number of para-hydroxylation sites is 1. The summed E-state index contributed by atoms with van der Waals surface area (Å²) in [5.41, 5.74) is 2.03. The van der Waals surface area contributed by atoms with Gasteiger partial charge in [-0.2, -0.15) is 0 Å². The Bertz CT molecular complexity index is 1110. The molecule has 3 aromatic rings. The second-order valence-corrected chi connectivity index (χ2v) is 8.88. The number of carbonyl (C=O) groups is 2. The predicted molar refractivity (Wildman–Crippen MR) is 134 cm³/mol. The number of rotatable bonds is 3. The smallest absolute Gasteiger partial charge is 0.272 e. The van der Waals surface area contributed by atoms with E-state index < -0.39 is 0 Å². The van der Waals surface area contributed by atoms with Gasteiger partial charge in [-0.1, -0.05) is 55.3 Å². The van der Waals surface area contributed by atoms with Gasteiger partial charge in [0.05, 0.1) is 11.6 Å². The third-order valence-corrected chi connectivity index (χ3v) is 6.35. The zero-order valence-corrected chi connectivity index (χ0v) is 20.2. The fourth-order valence-corrected chi connectivity index (χ4v) is 4.41. The average molecular weight is 473 g/mol. The van der Waals surface area contributed by atoms with E-state index in [1.807, 2.05) is 48.3 Å². The minimum Gasteiger partial charge on any atom is -0.491 e. The Morgan fingerprint density at radius 2 is 1.71 bits per heavy atom. The van der Waals surface area contributed by atoms with Crippen molar-refractivity contribution in [1.29, 1.82) is 0 Å². The van der Waals surface area contributed by atoms with Crippen molar-refractivity contribution in [3.05, 3.63) is 90.0 Å². The summed E-state index contributed by atoms with van der Waals surface area (Å²) in [5, 5.41) is 0. The highest BCUT2D eigenvalue weighted by molar-refractivity contribution is 5.96. The first-order chi connectivity index (χ1) is 17.1. The normalized spacial score (nSPS) is 17.7. The molecule has 0 aliphatic carbocycles. The number of fused-ring (bicyclic) bond motifs is 1. The number of ether oxygens (including phenoxy) is 1. The Morgan fingerprint density at radius 3 is 2.49 bits per heavy atom. The molecule has 1 aliphatic heterocycles. The summed E-state index contributed by atoms with van der Waals surface area (Å²) in [6.45, 7) is 1.56. The van der Waals surface area contributed by atoms with E-state index in [-0.39, 0.29) is 24.5 Å². The van der Waals surface area contributed by atoms with Gasteiger partial charge in [0.1, 0.15) is 24.4 Å². The zero-order chi connectivity index (χ0) is 24.5. The van der Waals surface area contributed by atoms with E-state index in [2.05, 4.69) is 22.1 Å². The lowest BCUT2D eigenvalue weighted by Gasteiger charge is -2.32. The van der Waals surface area contributed by atoms with Crippen LogP contribution >= 0.6 is 0 Å². The van der Waals surface area contributed by atoms with E-state index in [1.54, 1.807) is 23.2 Å². The summed E-state index contributed by atoms with van der Waals surface area (Å²) >= 11 is 0. The molecule has 0 radical (unpaired) electrons. The van der Waals surface area contributed by atoms with Crippen molar-refractivity contribution in [2.75, 3.05) is 26.7 Å². The predicted octanol–water partition coefficient (Wildman–Crippen LogP) is 4.26. The van der Waals surface area contributed by atoms with Gasteiger partial charge in [-0.3, -0.25) is 9.59 Å².